The molecule has 17 heavy (non-hydrogen) atoms. The summed E-state index contributed by atoms with van der Waals surface area (Å²) in [6.45, 7) is 0.541. The molecule has 0 unspecified atom stereocenters. The minimum Gasteiger partial charge on any atom is -0.507 e. The van der Waals surface area contributed by atoms with Gasteiger partial charge < -0.3 is 10.0 Å². The van der Waals surface area contributed by atoms with Gasteiger partial charge in [0.2, 0.25) is 0 Å². The van der Waals surface area contributed by atoms with E-state index in [4.69, 9.17) is 11.6 Å². The first-order chi connectivity index (χ1) is 8.24. The first-order valence-electron chi connectivity index (χ1n) is 5.89. The first-order valence-corrected chi connectivity index (χ1v) is 6.42. The Morgan fingerprint density at radius 2 is 2.12 bits per heavy atom. The number of benzene rings is 1. The van der Waals surface area contributed by atoms with E-state index in [1.165, 1.54) is 6.07 Å². The summed E-state index contributed by atoms with van der Waals surface area (Å²) < 4.78 is 0. The van der Waals surface area contributed by atoms with Gasteiger partial charge in [-0.15, -0.1) is 11.6 Å². The van der Waals surface area contributed by atoms with Gasteiger partial charge in [0.05, 0.1) is 5.56 Å². The van der Waals surface area contributed by atoms with Crippen LogP contribution in [0.25, 0.3) is 0 Å². The molecule has 0 aliphatic heterocycles. The second-order valence-electron chi connectivity index (χ2n) is 4.29. The summed E-state index contributed by atoms with van der Waals surface area (Å²) >= 11 is 5.74. The van der Waals surface area contributed by atoms with E-state index in [0.29, 0.717) is 24.0 Å². The van der Waals surface area contributed by atoms with E-state index >= 15 is 0 Å². The number of rotatable bonds is 4. The van der Waals surface area contributed by atoms with Crippen molar-refractivity contribution in [2.24, 2.45) is 0 Å². The molecule has 1 saturated carbocycles. The third-order valence-corrected chi connectivity index (χ3v) is 3.41. The largest absolute Gasteiger partial charge is 0.507 e. The van der Waals surface area contributed by atoms with Gasteiger partial charge in [-0.1, -0.05) is 12.1 Å². The van der Waals surface area contributed by atoms with Crippen LogP contribution in [0.5, 0.6) is 5.75 Å². The molecule has 4 heteroatoms. The van der Waals surface area contributed by atoms with E-state index in [0.717, 1.165) is 19.3 Å². The topological polar surface area (TPSA) is 40.5 Å². The average molecular weight is 254 g/mol. The number of phenolic OH excluding ortho intramolecular Hbond substituents is 1. The molecule has 0 saturated heterocycles. The molecule has 1 N–H and O–H groups in total. The average Bonchev–Trinajstić information content (AvgIpc) is 2.26. The summed E-state index contributed by atoms with van der Waals surface area (Å²) in [6.07, 6.45) is 3.24. The number of carbonyl (C=O) groups excluding carboxylic acids is 1. The number of halogens is 1. The maximum Gasteiger partial charge on any atom is 0.257 e. The number of aromatic hydroxyl groups is 1. The van der Waals surface area contributed by atoms with Crippen LogP contribution in [-0.4, -0.2) is 34.4 Å². The van der Waals surface area contributed by atoms with Gasteiger partial charge in [-0.3, -0.25) is 4.79 Å². The van der Waals surface area contributed by atoms with Crippen molar-refractivity contribution >= 4 is 17.5 Å². The Labute approximate surface area is 106 Å². The highest BCUT2D eigenvalue weighted by molar-refractivity contribution is 6.18. The van der Waals surface area contributed by atoms with E-state index in [-0.39, 0.29) is 11.7 Å². The van der Waals surface area contributed by atoms with Gasteiger partial charge in [0.1, 0.15) is 5.75 Å². The summed E-state index contributed by atoms with van der Waals surface area (Å²) in [7, 11) is 0. The van der Waals surface area contributed by atoms with Crippen LogP contribution in [-0.2, 0) is 0 Å². The summed E-state index contributed by atoms with van der Waals surface area (Å²) in [5, 5.41) is 9.69. The highest BCUT2D eigenvalue weighted by atomic mass is 35.5. The SMILES string of the molecule is O=C(c1ccccc1O)N(CCCl)C1CCC1. The minimum absolute atomic E-state index is 0.0383. The maximum absolute atomic E-state index is 12.3. The molecule has 1 aromatic carbocycles. The lowest BCUT2D eigenvalue weighted by atomic mass is 9.91. The summed E-state index contributed by atoms with van der Waals surface area (Å²) in [4.78, 5) is 14.1. The molecule has 1 amide bonds. The summed E-state index contributed by atoms with van der Waals surface area (Å²) in [5.74, 6) is 0.348. The maximum atomic E-state index is 12.3. The molecule has 0 bridgehead atoms. The Hall–Kier alpha value is -1.22. The van der Waals surface area contributed by atoms with Crippen molar-refractivity contribution < 1.29 is 9.90 Å². The van der Waals surface area contributed by atoms with Crippen molar-refractivity contribution in [3.8, 4) is 5.75 Å². The fraction of sp³-hybridized carbons (Fsp3) is 0.462. The molecule has 1 aliphatic rings. The van der Waals surface area contributed by atoms with E-state index in [1.54, 1.807) is 23.1 Å². The molecular weight excluding hydrogens is 238 g/mol. The lowest BCUT2D eigenvalue weighted by molar-refractivity contribution is 0.0595. The lowest BCUT2D eigenvalue weighted by Crippen LogP contribution is -2.45. The number of phenols is 1. The number of alkyl halides is 1. The standard InChI is InChI=1S/C13H16ClNO2/c14-8-9-15(10-4-3-5-10)13(17)11-6-1-2-7-12(11)16/h1-2,6-7,10,16H,3-5,8-9H2. The van der Waals surface area contributed by atoms with Crippen molar-refractivity contribution in [1.29, 1.82) is 0 Å². The number of para-hydroxylation sites is 1. The zero-order chi connectivity index (χ0) is 12.3. The fourth-order valence-corrected chi connectivity index (χ4v) is 2.23. The number of hydrogen-bond donors (Lipinski definition) is 1. The van der Waals surface area contributed by atoms with Crippen LogP contribution in [0.4, 0.5) is 0 Å². The van der Waals surface area contributed by atoms with Crippen molar-refractivity contribution in [3.63, 3.8) is 0 Å². The van der Waals surface area contributed by atoms with Gasteiger partial charge in [-0.05, 0) is 31.4 Å². The zero-order valence-electron chi connectivity index (χ0n) is 9.60. The predicted molar refractivity (Wildman–Crippen MR) is 67.5 cm³/mol. The Bertz CT molecular complexity index is 404. The van der Waals surface area contributed by atoms with Crippen molar-refractivity contribution in [1.82, 2.24) is 4.90 Å². The second-order valence-corrected chi connectivity index (χ2v) is 4.67. The molecule has 0 atom stereocenters. The number of nitrogens with zero attached hydrogens (tertiary/aromatic N) is 1. The van der Waals surface area contributed by atoms with Gasteiger partial charge in [0, 0.05) is 18.5 Å². The quantitative estimate of drug-likeness (QED) is 0.838. The van der Waals surface area contributed by atoms with Crippen LogP contribution in [0.2, 0.25) is 0 Å². The minimum atomic E-state index is -0.117. The monoisotopic (exact) mass is 253 g/mol. The van der Waals surface area contributed by atoms with Crippen LogP contribution >= 0.6 is 11.6 Å². The van der Waals surface area contributed by atoms with Gasteiger partial charge in [-0.2, -0.15) is 0 Å². The zero-order valence-corrected chi connectivity index (χ0v) is 10.4. The smallest absolute Gasteiger partial charge is 0.257 e. The van der Waals surface area contributed by atoms with Gasteiger partial charge in [0.25, 0.3) is 5.91 Å². The van der Waals surface area contributed by atoms with Crippen molar-refractivity contribution in [3.05, 3.63) is 29.8 Å². The first kappa shape index (κ1) is 12.2. The van der Waals surface area contributed by atoms with Crippen LogP contribution < -0.4 is 0 Å². The number of hydrogen-bond acceptors (Lipinski definition) is 2. The van der Waals surface area contributed by atoms with E-state index in [9.17, 15) is 9.90 Å². The summed E-state index contributed by atoms with van der Waals surface area (Å²) in [6, 6.07) is 6.94. The Morgan fingerprint density at radius 3 is 2.65 bits per heavy atom. The van der Waals surface area contributed by atoms with Gasteiger partial charge in [0.15, 0.2) is 0 Å². The van der Waals surface area contributed by atoms with E-state index in [2.05, 4.69) is 0 Å². The Balaban J connectivity index is 2.18. The Kier molecular flexibility index (Phi) is 3.89. The van der Waals surface area contributed by atoms with Crippen LogP contribution in [0.1, 0.15) is 29.6 Å². The second kappa shape index (κ2) is 5.41. The highest BCUT2D eigenvalue weighted by Crippen LogP contribution is 2.28. The van der Waals surface area contributed by atoms with Crippen molar-refractivity contribution in [2.75, 3.05) is 12.4 Å². The van der Waals surface area contributed by atoms with Crippen LogP contribution in [0.3, 0.4) is 0 Å². The molecule has 1 aromatic rings. The third kappa shape index (κ3) is 2.55. The van der Waals surface area contributed by atoms with Crippen molar-refractivity contribution in [2.45, 2.75) is 25.3 Å². The van der Waals surface area contributed by atoms with Crippen LogP contribution in [0.15, 0.2) is 24.3 Å². The molecule has 1 aliphatic carbocycles. The van der Waals surface area contributed by atoms with Gasteiger partial charge >= 0.3 is 0 Å². The molecule has 92 valence electrons. The van der Waals surface area contributed by atoms with E-state index in [1.807, 2.05) is 0 Å². The molecule has 0 radical (unpaired) electrons. The predicted octanol–water partition coefficient (Wildman–Crippen LogP) is 2.63. The highest BCUT2D eigenvalue weighted by Gasteiger charge is 2.29. The lowest BCUT2D eigenvalue weighted by Gasteiger charge is -2.37. The summed E-state index contributed by atoms with van der Waals surface area (Å²) in [5.41, 5.74) is 0.365. The number of carbonyl (C=O) groups is 1. The molecule has 0 heterocycles. The normalized spacial score (nSPS) is 15.4. The van der Waals surface area contributed by atoms with Gasteiger partial charge in [-0.25, -0.2) is 0 Å². The molecule has 0 spiro atoms. The molecule has 2 rings (SSSR count). The molecule has 1 fully saturated rings. The molecule has 3 nitrogen and oxygen atoms in total. The number of amides is 1. The Morgan fingerprint density at radius 1 is 1.41 bits per heavy atom. The van der Waals surface area contributed by atoms with Crippen LogP contribution in [0, 0.1) is 0 Å². The fourth-order valence-electron chi connectivity index (χ4n) is 2.05. The third-order valence-electron chi connectivity index (χ3n) is 3.24. The van der Waals surface area contributed by atoms with E-state index < -0.39 is 0 Å². The molecule has 0 aromatic heterocycles. The molecular formula is C13H16ClNO2.